The van der Waals surface area contributed by atoms with E-state index in [1.165, 1.54) is 22.9 Å². The Morgan fingerprint density at radius 1 is 1.30 bits per heavy atom. The maximum Gasteiger partial charge on any atom is 1.00 e. The van der Waals surface area contributed by atoms with Gasteiger partial charge in [0.15, 0.2) is 5.03 Å². The summed E-state index contributed by atoms with van der Waals surface area (Å²) in [6, 6.07) is 4.29. The van der Waals surface area contributed by atoms with E-state index in [0.29, 0.717) is 6.42 Å². The first-order valence-electron chi connectivity index (χ1n) is 9.79. The number of carbonyl (C=O) groups is 1. The van der Waals surface area contributed by atoms with Crippen LogP contribution in [0.15, 0.2) is 29.4 Å². The number of sulfonamides is 1. The third kappa shape index (κ3) is 4.91. The second-order valence-electron chi connectivity index (χ2n) is 8.95. The smallest absolute Gasteiger partial charge is 1.00 e. The zero-order chi connectivity index (χ0) is 21.7. The largest absolute Gasteiger partial charge is 1.00 e. The van der Waals surface area contributed by atoms with E-state index in [1.54, 1.807) is 6.20 Å². The first-order chi connectivity index (χ1) is 13.3. The fourth-order valence-corrected chi connectivity index (χ4v) is 4.97. The van der Waals surface area contributed by atoms with Crippen molar-refractivity contribution in [3.8, 4) is 0 Å². The average molecular weight is 462 g/mol. The van der Waals surface area contributed by atoms with Crippen molar-refractivity contribution in [2.24, 2.45) is 0 Å². The topological polar surface area (TPSA) is 81.1 Å². The van der Waals surface area contributed by atoms with E-state index in [9.17, 15) is 17.6 Å². The van der Waals surface area contributed by atoms with E-state index >= 15 is 0 Å². The minimum atomic E-state index is -4.10. The van der Waals surface area contributed by atoms with Crippen LogP contribution in [-0.4, -0.2) is 24.1 Å². The Balaban J connectivity index is 0.00000240. The molecule has 1 amide bonds. The summed E-state index contributed by atoms with van der Waals surface area (Å²) >= 11 is 0. The molecule has 0 spiro atoms. The summed E-state index contributed by atoms with van der Waals surface area (Å²) in [5.74, 6) is -1.61. The van der Waals surface area contributed by atoms with Gasteiger partial charge in [0.2, 0.25) is 5.91 Å². The van der Waals surface area contributed by atoms with Crippen molar-refractivity contribution in [3.63, 3.8) is 0 Å². The fourth-order valence-electron chi connectivity index (χ4n) is 4.02. The molecule has 160 valence electrons. The minimum Gasteiger partial charge on any atom is -1.00 e. The molecule has 1 aromatic heterocycles. The molecule has 0 aliphatic heterocycles. The fraction of sp³-hybridized carbons (Fsp3) is 0.524. The van der Waals surface area contributed by atoms with Gasteiger partial charge in [0.25, 0.3) is 10.0 Å². The van der Waals surface area contributed by atoms with Gasteiger partial charge in [0.05, 0.1) is 5.92 Å². The number of nitrogens with zero attached hydrogens (tertiary/aromatic N) is 2. The van der Waals surface area contributed by atoms with Gasteiger partial charge >= 0.3 is 51.4 Å². The van der Waals surface area contributed by atoms with Crippen LogP contribution in [0.2, 0.25) is 0 Å². The number of hydrogen-bond donors (Lipinski definition) is 1. The number of fused-ring (bicyclic) bond motifs is 1. The molecule has 1 aliphatic carbocycles. The number of nitrogens with one attached hydrogen (secondary N) is 1. The molecule has 1 heterocycles. The predicted molar refractivity (Wildman–Crippen MR) is 110 cm³/mol. The third-order valence-corrected chi connectivity index (χ3v) is 6.77. The zero-order valence-corrected chi connectivity index (χ0v) is 22.6. The monoisotopic (exact) mass is 461 g/mol. The van der Waals surface area contributed by atoms with Crippen molar-refractivity contribution in [1.29, 1.82) is 0 Å². The Labute approximate surface area is 222 Å². The molecule has 1 aliphatic rings. The minimum absolute atomic E-state index is 0. The Morgan fingerprint density at radius 3 is 2.47 bits per heavy atom. The standard InChI is InChI=1S/C21H28FN3O3S.K.H/c1-12(2)15-9-14(22)10-17-19(15)16(11-21(17,5)6)20(26)24-29(27,28)18-7-8-25(23-18)13(3)4;;/h7-10,12-13,16H,11H2,1-6H3,(H,24,26);;/q;+1;-1. The zero-order valence-electron chi connectivity index (χ0n) is 19.7. The van der Waals surface area contributed by atoms with Gasteiger partial charge in [-0.25, -0.2) is 9.11 Å². The molecule has 9 heteroatoms. The maximum atomic E-state index is 14.2. The molecule has 1 N–H and O–H groups in total. The van der Waals surface area contributed by atoms with Gasteiger partial charge < -0.3 is 1.43 Å². The van der Waals surface area contributed by atoms with E-state index in [1.807, 2.05) is 41.5 Å². The molecule has 1 atom stereocenters. The molecule has 30 heavy (non-hydrogen) atoms. The van der Waals surface area contributed by atoms with Crippen molar-refractivity contribution in [1.82, 2.24) is 14.5 Å². The molecule has 0 radical (unpaired) electrons. The van der Waals surface area contributed by atoms with E-state index in [4.69, 9.17) is 0 Å². The summed E-state index contributed by atoms with van der Waals surface area (Å²) in [6.45, 7) is 11.5. The summed E-state index contributed by atoms with van der Waals surface area (Å²) in [5.41, 5.74) is 1.81. The molecular formula is C21H29FKN3O3S. The van der Waals surface area contributed by atoms with Gasteiger partial charge in [-0.2, -0.15) is 13.5 Å². The van der Waals surface area contributed by atoms with Gasteiger partial charge in [-0.1, -0.05) is 27.7 Å². The Kier molecular flexibility index (Phi) is 7.80. The van der Waals surface area contributed by atoms with Crippen LogP contribution in [-0.2, 0) is 20.2 Å². The molecule has 2 aromatic rings. The van der Waals surface area contributed by atoms with Crippen LogP contribution in [0.25, 0.3) is 0 Å². The number of amides is 1. The maximum absolute atomic E-state index is 14.2. The first kappa shape index (κ1) is 25.7. The van der Waals surface area contributed by atoms with E-state index in [0.717, 1.165) is 16.7 Å². The van der Waals surface area contributed by atoms with Gasteiger partial charge in [-0.3, -0.25) is 9.48 Å². The molecule has 6 nitrogen and oxygen atoms in total. The summed E-state index contributed by atoms with van der Waals surface area (Å²) < 4.78 is 43.3. The van der Waals surface area contributed by atoms with Gasteiger partial charge in [-0.05, 0) is 66.5 Å². The second kappa shape index (κ2) is 9.11. The number of aromatic nitrogens is 2. The Morgan fingerprint density at radius 2 is 1.93 bits per heavy atom. The van der Waals surface area contributed by atoms with Crippen molar-refractivity contribution >= 4 is 15.9 Å². The van der Waals surface area contributed by atoms with E-state index < -0.39 is 27.3 Å². The summed E-state index contributed by atoms with van der Waals surface area (Å²) in [6.07, 6.45) is 1.98. The van der Waals surface area contributed by atoms with Crippen LogP contribution in [0.1, 0.15) is 84.0 Å². The van der Waals surface area contributed by atoms with E-state index in [2.05, 4.69) is 9.82 Å². The second-order valence-corrected chi connectivity index (χ2v) is 10.6. The number of benzene rings is 1. The molecule has 0 saturated carbocycles. The first-order valence-corrected chi connectivity index (χ1v) is 11.3. The van der Waals surface area contributed by atoms with Gasteiger partial charge in [0.1, 0.15) is 5.82 Å². The van der Waals surface area contributed by atoms with E-state index in [-0.39, 0.29) is 75.6 Å². The number of hydrogen-bond acceptors (Lipinski definition) is 4. The Bertz CT molecular complexity index is 1070. The van der Waals surface area contributed by atoms with Gasteiger partial charge in [0, 0.05) is 12.2 Å². The molecule has 3 rings (SSSR count). The molecule has 0 bridgehead atoms. The SMILES string of the molecule is CC(C)c1cc(F)cc2c1C(C(=O)NS(=O)(=O)c1ccn(C(C)C)n1)CC2(C)C.[H-].[K+]. The van der Waals surface area contributed by atoms with Crippen LogP contribution in [0.3, 0.4) is 0 Å². The number of carbonyl (C=O) groups excluding carboxylic acids is 1. The molecule has 1 unspecified atom stereocenters. The molecule has 1 aromatic carbocycles. The summed E-state index contributed by atoms with van der Waals surface area (Å²) in [5, 5.41) is 3.86. The van der Waals surface area contributed by atoms with Crippen LogP contribution in [0.4, 0.5) is 4.39 Å². The summed E-state index contributed by atoms with van der Waals surface area (Å²) in [7, 11) is -4.10. The van der Waals surface area contributed by atoms with Crippen molar-refractivity contribution < 1.29 is 70.4 Å². The normalized spacial score (nSPS) is 17.7. The molecule has 0 fully saturated rings. The van der Waals surface area contributed by atoms with Crippen LogP contribution < -0.4 is 56.1 Å². The summed E-state index contributed by atoms with van der Waals surface area (Å²) in [4.78, 5) is 13.1. The van der Waals surface area contributed by atoms with Gasteiger partial charge in [-0.15, -0.1) is 0 Å². The number of rotatable bonds is 5. The average Bonchev–Trinajstić information content (AvgIpc) is 3.18. The molecular weight excluding hydrogens is 432 g/mol. The molecule has 0 saturated heterocycles. The third-order valence-electron chi connectivity index (χ3n) is 5.53. The van der Waals surface area contributed by atoms with Crippen molar-refractivity contribution in [2.45, 2.75) is 76.3 Å². The van der Waals surface area contributed by atoms with Crippen molar-refractivity contribution in [2.75, 3.05) is 0 Å². The van der Waals surface area contributed by atoms with Crippen LogP contribution >= 0.6 is 0 Å². The van der Waals surface area contributed by atoms with Crippen LogP contribution in [0, 0.1) is 5.82 Å². The quantitative estimate of drug-likeness (QED) is 0.677. The van der Waals surface area contributed by atoms with Crippen LogP contribution in [0.5, 0.6) is 0 Å². The Hall–Kier alpha value is -0.584. The number of halogens is 1. The van der Waals surface area contributed by atoms with Crippen molar-refractivity contribution in [3.05, 3.63) is 46.9 Å². The predicted octanol–water partition coefficient (Wildman–Crippen LogP) is 1.11.